The molecular formula is C8H17IO2S. The van der Waals surface area contributed by atoms with Gasteiger partial charge in [-0.15, -0.1) is 0 Å². The second-order valence-electron chi connectivity index (χ2n) is 4.00. The summed E-state index contributed by atoms with van der Waals surface area (Å²) in [5, 5.41) is 0. The molecule has 1 saturated carbocycles. The van der Waals surface area contributed by atoms with E-state index in [4.69, 9.17) is 0 Å². The van der Waals surface area contributed by atoms with Gasteiger partial charge in [0.15, 0.2) is 0 Å². The maximum Gasteiger partial charge on any atom is 0.132 e. The van der Waals surface area contributed by atoms with Gasteiger partial charge in [0.1, 0.15) is 5.78 Å². The van der Waals surface area contributed by atoms with E-state index in [0.29, 0.717) is 5.78 Å². The lowest BCUT2D eigenvalue weighted by atomic mass is 10.4. The lowest BCUT2D eigenvalue weighted by Gasteiger charge is -2.16. The zero-order valence-electron chi connectivity index (χ0n) is 7.93. The second kappa shape index (κ2) is 4.17. The van der Waals surface area contributed by atoms with Gasteiger partial charge in [-0.1, -0.05) is 6.24 Å². The van der Waals surface area contributed by atoms with Crippen LogP contribution in [0.1, 0.15) is 25.7 Å². The summed E-state index contributed by atoms with van der Waals surface area (Å²) in [7, 11) is 0. The van der Waals surface area contributed by atoms with Gasteiger partial charge in [-0.25, -0.2) is 0 Å². The van der Waals surface area contributed by atoms with Crippen molar-refractivity contribution in [2.75, 3.05) is 18.8 Å². The van der Waals surface area contributed by atoms with Crippen LogP contribution in [-0.2, 0) is 11.0 Å². The van der Waals surface area contributed by atoms with Crippen molar-refractivity contribution in [3.05, 3.63) is 0 Å². The highest BCUT2D eigenvalue weighted by atomic mass is 127. The number of Topliss-reactive ketones (excluding diaryl/α,β-unsaturated/α-hetero) is 1. The first-order valence-electron chi connectivity index (χ1n) is 3.96. The van der Waals surface area contributed by atoms with E-state index in [2.05, 4.69) is 0 Å². The van der Waals surface area contributed by atoms with Gasteiger partial charge in [0, 0.05) is 34.0 Å². The van der Waals surface area contributed by atoms with Gasteiger partial charge < -0.3 is 0 Å². The van der Waals surface area contributed by atoms with E-state index in [1.165, 1.54) is 0 Å². The van der Waals surface area contributed by atoms with Crippen LogP contribution >= 0.6 is 21.2 Å². The fourth-order valence-corrected chi connectivity index (χ4v) is 0.769. The molecule has 0 aromatic heterocycles. The summed E-state index contributed by atoms with van der Waals surface area (Å²) in [5.41, 5.74) is 0. The molecule has 0 heterocycles. The van der Waals surface area contributed by atoms with Crippen LogP contribution in [0.2, 0.25) is 0 Å². The summed E-state index contributed by atoms with van der Waals surface area (Å²) in [5.74, 6) is 0.454. The Morgan fingerprint density at radius 3 is 1.50 bits per heavy atom. The molecule has 1 aliphatic rings. The Morgan fingerprint density at radius 2 is 1.42 bits per heavy atom. The molecule has 0 saturated heterocycles. The molecule has 0 aromatic rings. The Balaban J connectivity index is 0.000000202. The summed E-state index contributed by atoms with van der Waals surface area (Å²) in [4.78, 5) is 10.2. The van der Waals surface area contributed by atoms with Crippen molar-refractivity contribution in [1.29, 1.82) is 0 Å². The van der Waals surface area contributed by atoms with E-state index < -0.39 is 6.24 Å². The van der Waals surface area contributed by atoms with Crippen LogP contribution in [0.3, 0.4) is 0 Å². The topological polar surface area (TPSA) is 34.1 Å². The van der Waals surface area contributed by atoms with Gasteiger partial charge in [-0.2, -0.15) is 0 Å². The normalized spacial score (nSPS) is 20.7. The van der Waals surface area contributed by atoms with E-state index >= 15 is 0 Å². The van der Waals surface area contributed by atoms with Crippen LogP contribution in [0, 0.1) is 0 Å². The van der Waals surface area contributed by atoms with Crippen molar-refractivity contribution in [2.24, 2.45) is 0 Å². The molecule has 0 aliphatic heterocycles. The molecule has 0 unspecified atom stereocenters. The van der Waals surface area contributed by atoms with Crippen LogP contribution in [0.5, 0.6) is 0 Å². The van der Waals surface area contributed by atoms with Crippen molar-refractivity contribution in [2.45, 2.75) is 25.7 Å². The number of carbonyl (C=O) groups is 1. The number of rotatable bonds is 0. The third-order valence-corrected chi connectivity index (χ3v) is 1.16. The van der Waals surface area contributed by atoms with Gasteiger partial charge in [-0.3, -0.25) is 9.00 Å². The Bertz CT molecular complexity index is 198. The fourth-order valence-electron chi connectivity index (χ4n) is 0.769. The van der Waals surface area contributed by atoms with E-state index in [0.717, 1.165) is 25.7 Å². The monoisotopic (exact) mass is 304 g/mol. The van der Waals surface area contributed by atoms with Crippen molar-refractivity contribution in [3.63, 3.8) is 0 Å². The molecule has 0 radical (unpaired) electrons. The van der Waals surface area contributed by atoms with Gasteiger partial charge in [-0.05, 0) is 31.6 Å². The molecule has 1 fully saturated rings. The molecular weight excluding hydrogens is 287 g/mol. The molecule has 0 atom stereocenters. The van der Waals surface area contributed by atoms with Crippen LogP contribution in [0.25, 0.3) is 0 Å². The highest BCUT2D eigenvalue weighted by molar-refractivity contribution is 14.2. The quantitative estimate of drug-likeness (QED) is 0.508. The second-order valence-corrected chi connectivity index (χ2v) is 17.5. The minimum Gasteiger partial charge on any atom is -0.300 e. The van der Waals surface area contributed by atoms with Crippen molar-refractivity contribution in [1.82, 2.24) is 0 Å². The number of ketones is 1. The largest absolute Gasteiger partial charge is 0.300 e. The number of hydrogen-bond donors (Lipinski definition) is 0. The molecule has 12 heavy (non-hydrogen) atoms. The van der Waals surface area contributed by atoms with Gasteiger partial charge in [0.05, 0.1) is 0 Å². The SMILES string of the molecule is CS(C)(C)(=O)I.O=C1CCCC1. The number of carbonyl (C=O) groups excluding carboxylic acids is 1. The molecule has 1 rings (SSSR count). The van der Waals surface area contributed by atoms with Crippen LogP contribution in [-0.4, -0.2) is 28.8 Å². The Hall–Kier alpha value is 0.550. The summed E-state index contributed by atoms with van der Waals surface area (Å²) in [6, 6.07) is 0. The molecule has 0 spiro atoms. The summed E-state index contributed by atoms with van der Waals surface area (Å²) >= 11 is 1.96. The maximum absolute atomic E-state index is 10.8. The van der Waals surface area contributed by atoms with Crippen molar-refractivity contribution >= 4 is 33.2 Å². The highest BCUT2D eigenvalue weighted by Gasteiger charge is 2.08. The third kappa shape index (κ3) is 16.9. The summed E-state index contributed by atoms with van der Waals surface area (Å²) < 4.78 is 10.8. The molecule has 0 amide bonds. The van der Waals surface area contributed by atoms with Gasteiger partial charge in [0.2, 0.25) is 0 Å². The number of halogens is 1. The zero-order valence-corrected chi connectivity index (χ0v) is 10.9. The van der Waals surface area contributed by atoms with Crippen molar-refractivity contribution < 1.29 is 9.00 Å². The number of hydrogen-bond acceptors (Lipinski definition) is 2. The molecule has 0 aromatic carbocycles. The molecule has 74 valence electrons. The first-order chi connectivity index (χ1) is 5.13. The van der Waals surface area contributed by atoms with Gasteiger partial charge >= 0.3 is 0 Å². The molecule has 2 nitrogen and oxygen atoms in total. The van der Waals surface area contributed by atoms with E-state index in [1.54, 1.807) is 18.8 Å². The Labute approximate surface area is 86.5 Å². The molecule has 0 bridgehead atoms. The maximum atomic E-state index is 10.8. The molecule has 4 heteroatoms. The average molecular weight is 304 g/mol. The summed E-state index contributed by atoms with van der Waals surface area (Å²) in [6.45, 7) is 0. The van der Waals surface area contributed by atoms with Crippen LogP contribution in [0.4, 0.5) is 0 Å². The minimum atomic E-state index is -2.13. The lowest BCUT2D eigenvalue weighted by Crippen LogP contribution is -2.15. The zero-order chi connectivity index (χ0) is 9.85. The van der Waals surface area contributed by atoms with E-state index in [-0.39, 0.29) is 0 Å². The smallest absolute Gasteiger partial charge is 0.132 e. The highest BCUT2D eigenvalue weighted by Crippen LogP contribution is 2.20. The fraction of sp³-hybridized carbons (Fsp3) is 0.875. The first-order valence-corrected chi connectivity index (χ1v) is 9.69. The molecule has 1 aliphatic carbocycles. The lowest BCUT2D eigenvalue weighted by molar-refractivity contribution is -0.117. The first kappa shape index (κ1) is 12.6. The minimum absolute atomic E-state index is 0.454. The van der Waals surface area contributed by atoms with E-state index in [1.807, 2.05) is 21.2 Å². The molecule has 0 N–H and O–H groups in total. The Kier molecular flexibility index (Phi) is 4.37. The predicted molar refractivity (Wildman–Crippen MR) is 63.4 cm³/mol. The van der Waals surface area contributed by atoms with E-state index in [9.17, 15) is 9.00 Å². The summed E-state index contributed by atoms with van der Waals surface area (Å²) in [6.07, 6.45) is 7.08. The van der Waals surface area contributed by atoms with Gasteiger partial charge in [0.25, 0.3) is 0 Å². The average Bonchev–Trinajstić information content (AvgIpc) is 2.09. The van der Waals surface area contributed by atoms with Crippen LogP contribution < -0.4 is 0 Å². The third-order valence-electron chi connectivity index (χ3n) is 1.16. The Morgan fingerprint density at radius 1 is 1.17 bits per heavy atom. The van der Waals surface area contributed by atoms with Crippen molar-refractivity contribution in [3.8, 4) is 0 Å². The van der Waals surface area contributed by atoms with Crippen LogP contribution in [0.15, 0.2) is 0 Å². The predicted octanol–water partition coefficient (Wildman–Crippen LogP) is 2.18. The standard InChI is InChI=1S/C5H8O.C3H9IOS/c6-5-3-1-2-4-5;1-6(2,3,4)5/h1-4H2;1-3H3.